The number of thiazole rings is 1. The van der Waals surface area contributed by atoms with Crippen molar-refractivity contribution in [3.63, 3.8) is 0 Å². The topological polar surface area (TPSA) is 108 Å². The van der Waals surface area contributed by atoms with Crippen LogP contribution in [0.15, 0.2) is 38.6 Å². The van der Waals surface area contributed by atoms with Crippen LogP contribution in [0.25, 0.3) is 0 Å². The number of likely N-dealkylation sites (tertiary alicyclic amines) is 1. The van der Waals surface area contributed by atoms with Gasteiger partial charge in [0.05, 0.1) is 16.9 Å². The van der Waals surface area contributed by atoms with Gasteiger partial charge in [-0.1, -0.05) is 39.4 Å². The van der Waals surface area contributed by atoms with Gasteiger partial charge in [-0.2, -0.15) is 0 Å². The number of carbonyl (C=O) groups excluding carboxylic acids is 2. The molecule has 0 spiro atoms. The molecule has 8 atom stereocenters. The average molecular weight is 535 g/mol. The highest BCUT2D eigenvalue weighted by molar-refractivity contribution is 9.10. The number of imide groups is 1. The van der Waals surface area contributed by atoms with E-state index in [2.05, 4.69) is 33.0 Å². The zero-order chi connectivity index (χ0) is 22.5. The minimum atomic E-state index is -1.17. The summed E-state index contributed by atoms with van der Waals surface area (Å²) in [7, 11) is 0. The number of thioether (sulfide) groups is 1. The lowest BCUT2D eigenvalue weighted by Gasteiger charge is -2.43. The summed E-state index contributed by atoms with van der Waals surface area (Å²) < 4.78 is 0.966. The van der Waals surface area contributed by atoms with Crippen LogP contribution >= 0.6 is 39.0 Å². The van der Waals surface area contributed by atoms with Gasteiger partial charge in [0.2, 0.25) is 11.8 Å². The van der Waals surface area contributed by atoms with E-state index in [9.17, 15) is 24.3 Å². The fraction of sp³-hybridized carbons (Fsp3) is 0.455. The maximum Gasteiger partial charge on any atom is 0.326 e. The first-order valence-electron chi connectivity index (χ1n) is 10.5. The van der Waals surface area contributed by atoms with Crippen molar-refractivity contribution in [3.05, 3.63) is 48.8 Å². The van der Waals surface area contributed by atoms with E-state index in [1.54, 1.807) is 11.8 Å². The van der Waals surface area contributed by atoms with Crippen LogP contribution in [0, 0.1) is 29.6 Å². The monoisotopic (exact) mass is 534 g/mol. The summed E-state index contributed by atoms with van der Waals surface area (Å²) in [5.41, 5.74) is 1.09. The summed E-state index contributed by atoms with van der Waals surface area (Å²) >= 11 is 6.34. The Morgan fingerprint density at radius 1 is 1.16 bits per heavy atom. The van der Waals surface area contributed by atoms with Gasteiger partial charge in [0, 0.05) is 20.5 Å². The first kappa shape index (κ1) is 20.7. The molecule has 32 heavy (non-hydrogen) atoms. The summed E-state index contributed by atoms with van der Waals surface area (Å²) in [5.74, 6) is -2.70. The van der Waals surface area contributed by atoms with E-state index < -0.39 is 23.8 Å². The minimum absolute atomic E-state index is 0.00283. The van der Waals surface area contributed by atoms with E-state index in [-0.39, 0.29) is 45.6 Å². The van der Waals surface area contributed by atoms with Crippen LogP contribution in [0.1, 0.15) is 29.7 Å². The van der Waals surface area contributed by atoms with Gasteiger partial charge in [-0.05, 0) is 48.8 Å². The fourth-order valence-electron chi connectivity index (χ4n) is 6.58. The summed E-state index contributed by atoms with van der Waals surface area (Å²) in [6.07, 6.45) is 0.788. The molecule has 1 saturated heterocycles. The average Bonchev–Trinajstić information content (AvgIpc) is 3.47. The molecule has 2 bridgehead atoms. The number of rotatable bonds is 3. The van der Waals surface area contributed by atoms with Crippen molar-refractivity contribution in [2.24, 2.45) is 29.6 Å². The number of nitrogens with zero attached hydrogens (tertiary/aromatic N) is 1. The van der Waals surface area contributed by atoms with E-state index in [1.807, 2.05) is 12.1 Å². The Hall–Kier alpha value is -1.91. The number of amides is 2. The second-order valence-electron chi connectivity index (χ2n) is 9.07. The Morgan fingerprint density at radius 2 is 1.81 bits per heavy atom. The first-order chi connectivity index (χ1) is 15.3. The maximum absolute atomic E-state index is 13.3. The van der Waals surface area contributed by atoms with Crippen LogP contribution in [0.2, 0.25) is 0 Å². The molecule has 3 heterocycles. The predicted octanol–water partition coefficient (Wildman–Crippen LogP) is 3.15. The maximum atomic E-state index is 13.3. The lowest BCUT2D eigenvalue weighted by atomic mass is 9.68. The molecule has 2 N–H and O–H groups in total. The van der Waals surface area contributed by atoms with Gasteiger partial charge in [-0.15, -0.1) is 11.8 Å². The molecule has 2 aromatic rings. The number of aromatic amines is 1. The van der Waals surface area contributed by atoms with Crippen LogP contribution in [0.4, 0.5) is 0 Å². The lowest BCUT2D eigenvalue weighted by molar-refractivity contribution is -0.154. The van der Waals surface area contributed by atoms with Crippen LogP contribution in [-0.2, 0) is 14.4 Å². The largest absolute Gasteiger partial charge is 0.480 e. The van der Waals surface area contributed by atoms with Gasteiger partial charge in [-0.25, -0.2) is 4.79 Å². The molecule has 2 aliphatic heterocycles. The second-order valence-corrected chi connectivity index (χ2v) is 12.2. The third-order valence-electron chi connectivity index (χ3n) is 7.73. The van der Waals surface area contributed by atoms with Gasteiger partial charge in [0.1, 0.15) is 6.04 Å². The van der Waals surface area contributed by atoms with Crippen molar-refractivity contribution >= 4 is 56.8 Å². The van der Waals surface area contributed by atoms with Crippen LogP contribution in [-0.4, -0.2) is 44.1 Å². The van der Waals surface area contributed by atoms with Gasteiger partial charge < -0.3 is 10.1 Å². The van der Waals surface area contributed by atoms with Gasteiger partial charge >= 0.3 is 10.8 Å². The Morgan fingerprint density at radius 3 is 2.47 bits per heavy atom. The van der Waals surface area contributed by atoms with E-state index >= 15 is 0 Å². The molecule has 2 aliphatic carbocycles. The van der Waals surface area contributed by atoms with Crippen molar-refractivity contribution < 1.29 is 19.5 Å². The zero-order valence-electron chi connectivity index (χ0n) is 16.9. The second kappa shape index (κ2) is 7.04. The van der Waals surface area contributed by atoms with Crippen molar-refractivity contribution in [2.75, 3.05) is 0 Å². The summed E-state index contributed by atoms with van der Waals surface area (Å²) in [4.78, 5) is 55.2. The number of carboxylic acid groups (broad SMARTS) is 1. The molecule has 1 aromatic carbocycles. The Bertz CT molecular complexity index is 1220. The number of hydrogen-bond donors (Lipinski definition) is 2. The highest BCUT2D eigenvalue weighted by Crippen LogP contribution is 2.68. The smallest absolute Gasteiger partial charge is 0.326 e. The number of aromatic nitrogens is 1. The first-order valence-corrected chi connectivity index (χ1v) is 13.0. The molecule has 6 rings (SSSR count). The number of carbonyl (C=O) groups is 3. The number of halogens is 1. The number of aliphatic carboxylic acids is 1. The molecule has 1 aromatic heterocycles. The molecule has 10 heteroatoms. The zero-order valence-corrected chi connectivity index (χ0v) is 20.1. The fourth-order valence-corrected chi connectivity index (χ4v) is 9.73. The normalized spacial score (nSPS) is 35.6. The number of nitrogens with one attached hydrogen (secondary N) is 1. The Balaban J connectivity index is 1.45. The quantitative estimate of drug-likeness (QED) is 0.585. The summed E-state index contributed by atoms with van der Waals surface area (Å²) in [6, 6.07) is 6.92. The van der Waals surface area contributed by atoms with Gasteiger partial charge in [-0.3, -0.25) is 19.3 Å². The van der Waals surface area contributed by atoms with Crippen LogP contribution < -0.4 is 4.87 Å². The molecule has 2 saturated carbocycles. The highest BCUT2D eigenvalue weighted by atomic mass is 79.9. The van der Waals surface area contributed by atoms with E-state index in [0.29, 0.717) is 0 Å². The lowest BCUT2D eigenvalue weighted by Crippen LogP contribution is -2.44. The molecular weight excluding hydrogens is 516 g/mol. The molecule has 3 fully saturated rings. The van der Waals surface area contributed by atoms with Crippen LogP contribution in [0.3, 0.4) is 0 Å². The molecule has 0 unspecified atom stereocenters. The predicted molar refractivity (Wildman–Crippen MR) is 122 cm³/mol. The van der Waals surface area contributed by atoms with Crippen molar-refractivity contribution in [1.82, 2.24) is 9.88 Å². The number of fused-ring (bicyclic) bond motifs is 9. The Kier molecular flexibility index (Phi) is 4.55. The Labute approximate surface area is 199 Å². The molecule has 2 amide bonds. The molecular formula is C22H19BrN2O5S2. The third-order valence-corrected chi connectivity index (χ3v) is 10.8. The van der Waals surface area contributed by atoms with Gasteiger partial charge in [0.25, 0.3) is 0 Å². The van der Waals surface area contributed by atoms with E-state index in [4.69, 9.17) is 0 Å². The van der Waals surface area contributed by atoms with Crippen molar-refractivity contribution in [2.45, 2.75) is 35.6 Å². The van der Waals surface area contributed by atoms with Crippen molar-refractivity contribution in [3.8, 4) is 0 Å². The molecule has 0 radical (unpaired) electrons. The molecule has 4 aliphatic rings. The summed E-state index contributed by atoms with van der Waals surface area (Å²) in [5, 5.41) is 10.4. The SMILES string of the molecule is C[C@H](C(=O)O)N1C(=O)[C@H]2[C@@H]3C[C@@H]([C@@H]2C1=O)[C@H]1[C@H](c2ccc(Br)cc2)c2sc(=O)[nH]c2S[C@H]31. The number of benzene rings is 1. The number of hydrogen-bond acceptors (Lipinski definition) is 6. The molecule has 166 valence electrons. The summed E-state index contributed by atoms with van der Waals surface area (Å²) in [6.45, 7) is 1.40. The standard InChI is InChI=1S/C22H19BrN2O5S2/c1-7(21(28)29)25-19(26)14-10-6-11(15(14)20(25)27)16-13(10)12(8-2-4-9(23)5-3-8)17-18(31-16)24-22(30)32-17/h2-5,7,10-16H,6H2,1H3,(H,24,30)(H,28,29)/t7-,10-,11+,12+,13+,14+,15+,16-/m1/s1. The third kappa shape index (κ3) is 2.66. The van der Waals surface area contributed by atoms with E-state index in [0.717, 1.165) is 31.3 Å². The van der Waals surface area contributed by atoms with Gasteiger partial charge in [0.15, 0.2) is 0 Å². The van der Waals surface area contributed by atoms with E-state index in [1.165, 1.54) is 18.3 Å². The number of H-pyrrole nitrogens is 1. The number of carboxylic acids is 1. The highest BCUT2D eigenvalue weighted by Gasteiger charge is 2.70. The van der Waals surface area contributed by atoms with Crippen molar-refractivity contribution in [1.29, 1.82) is 0 Å². The van der Waals surface area contributed by atoms with Crippen LogP contribution in [0.5, 0.6) is 0 Å². The minimum Gasteiger partial charge on any atom is -0.480 e. The molecule has 7 nitrogen and oxygen atoms in total.